The van der Waals surface area contributed by atoms with Gasteiger partial charge in [0, 0.05) is 24.8 Å². The highest BCUT2D eigenvalue weighted by atomic mass is 15.3. The second-order valence-electron chi connectivity index (χ2n) is 6.58. The molecule has 0 aromatic carbocycles. The maximum absolute atomic E-state index is 4.79. The minimum Gasteiger partial charge on any atom is -0.313 e. The first kappa shape index (κ1) is 15.6. The van der Waals surface area contributed by atoms with Gasteiger partial charge in [0.15, 0.2) is 0 Å². The quantitative estimate of drug-likeness (QED) is 0.740. The average Bonchev–Trinajstić information content (AvgIpc) is 3.20. The second-order valence-corrected chi connectivity index (χ2v) is 6.58. The molecule has 1 fully saturated rings. The maximum atomic E-state index is 4.79. The molecule has 1 heterocycles. The van der Waals surface area contributed by atoms with Gasteiger partial charge in [-0.2, -0.15) is 5.10 Å². The summed E-state index contributed by atoms with van der Waals surface area (Å²) in [7, 11) is 0. The van der Waals surface area contributed by atoms with E-state index in [-0.39, 0.29) is 0 Å². The highest BCUT2D eigenvalue weighted by Crippen LogP contribution is 2.31. The van der Waals surface area contributed by atoms with Crippen molar-refractivity contribution in [3.63, 3.8) is 0 Å². The lowest BCUT2D eigenvalue weighted by atomic mass is 9.78. The fraction of sp³-hybridized carbons (Fsp3) is 0.824. The summed E-state index contributed by atoms with van der Waals surface area (Å²) in [5.41, 5.74) is 1.63. The van der Waals surface area contributed by atoms with Gasteiger partial charge >= 0.3 is 0 Å². The van der Waals surface area contributed by atoms with E-state index in [0.29, 0.717) is 11.5 Å². The second kappa shape index (κ2) is 6.75. The topological polar surface area (TPSA) is 29.9 Å². The van der Waals surface area contributed by atoms with Crippen LogP contribution in [0.5, 0.6) is 0 Å². The molecule has 1 aromatic heterocycles. The molecule has 114 valence electrons. The van der Waals surface area contributed by atoms with E-state index in [4.69, 9.17) is 5.10 Å². The Hall–Kier alpha value is -0.830. The molecule has 1 aliphatic carbocycles. The third-order valence-corrected chi connectivity index (χ3v) is 5.11. The Bertz CT molecular complexity index is 402. The lowest BCUT2D eigenvalue weighted by Crippen LogP contribution is -2.36. The van der Waals surface area contributed by atoms with E-state index in [1.54, 1.807) is 0 Å². The summed E-state index contributed by atoms with van der Waals surface area (Å²) >= 11 is 0. The molecular weight excluding hydrogens is 246 g/mol. The summed E-state index contributed by atoms with van der Waals surface area (Å²) < 4.78 is 2.12. The monoisotopic (exact) mass is 277 g/mol. The number of nitrogens with one attached hydrogen (secondary N) is 1. The Balaban J connectivity index is 2.00. The summed E-state index contributed by atoms with van der Waals surface area (Å²) in [6.07, 6.45) is 9.56. The van der Waals surface area contributed by atoms with Gasteiger partial charge in [-0.05, 0) is 56.9 Å². The lowest BCUT2D eigenvalue weighted by molar-refractivity contribution is 0.242. The van der Waals surface area contributed by atoms with Gasteiger partial charge < -0.3 is 5.32 Å². The molecule has 1 saturated carbocycles. The van der Waals surface area contributed by atoms with E-state index in [1.807, 2.05) is 0 Å². The fourth-order valence-corrected chi connectivity index (χ4v) is 2.75. The van der Waals surface area contributed by atoms with Crippen LogP contribution < -0.4 is 5.32 Å². The molecule has 0 bridgehead atoms. The predicted molar refractivity (Wildman–Crippen MR) is 85.0 cm³/mol. The van der Waals surface area contributed by atoms with Crippen molar-refractivity contribution in [2.45, 2.75) is 78.3 Å². The normalized spacial score (nSPS) is 17.4. The van der Waals surface area contributed by atoms with Gasteiger partial charge in [-0.1, -0.05) is 20.8 Å². The van der Waals surface area contributed by atoms with Crippen molar-refractivity contribution in [3.8, 4) is 0 Å². The van der Waals surface area contributed by atoms with Crippen molar-refractivity contribution in [2.75, 3.05) is 6.54 Å². The highest BCUT2D eigenvalue weighted by molar-refractivity contribution is 5.04. The molecule has 20 heavy (non-hydrogen) atoms. The Morgan fingerprint density at radius 2 is 2.05 bits per heavy atom. The molecule has 0 radical (unpaired) electrons. The number of nitrogens with zero attached hydrogens (tertiary/aromatic N) is 2. The van der Waals surface area contributed by atoms with E-state index in [0.717, 1.165) is 25.4 Å². The van der Waals surface area contributed by atoms with Crippen molar-refractivity contribution < 1.29 is 0 Å². The molecule has 1 aliphatic rings. The highest BCUT2D eigenvalue weighted by Gasteiger charge is 2.30. The molecular formula is C17H31N3. The van der Waals surface area contributed by atoms with Gasteiger partial charge in [0.25, 0.3) is 0 Å². The predicted octanol–water partition coefficient (Wildman–Crippen LogP) is 3.96. The molecule has 1 atom stereocenters. The van der Waals surface area contributed by atoms with E-state index < -0.39 is 0 Å². The van der Waals surface area contributed by atoms with Crippen molar-refractivity contribution >= 4 is 0 Å². The summed E-state index contributed by atoms with van der Waals surface area (Å²) in [5.74, 6) is 0. The minimum absolute atomic E-state index is 0.372. The molecule has 3 heteroatoms. The van der Waals surface area contributed by atoms with Crippen molar-refractivity contribution in [1.82, 2.24) is 15.1 Å². The van der Waals surface area contributed by atoms with Crippen LogP contribution in [-0.2, 0) is 6.42 Å². The minimum atomic E-state index is 0.372. The molecule has 2 rings (SSSR count). The van der Waals surface area contributed by atoms with Crippen LogP contribution in [0.3, 0.4) is 0 Å². The number of aromatic nitrogens is 2. The zero-order chi connectivity index (χ0) is 14.6. The first-order valence-corrected chi connectivity index (χ1v) is 8.40. The van der Waals surface area contributed by atoms with Crippen molar-refractivity contribution in [3.05, 3.63) is 18.0 Å². The van der Waals surface area contributed by atoms with Gasteiger partial charge in [0.05, 0.1) is 5.69 Å². The van der Waals surface area contributed by atoms with Crippen molar-refractivity contribution in [1.29, 1.82) is 0 Å². The first-order chi connectivity index (χ1) is 9.62. The summed E-state index contributed by atoms with van der Waals surface area (Å²) in [6.45, 7) is 10.2. The van der Waals surface area contributed by atoms with E-state index >= 15 is 0 Å². The lowest BCUT2D eigenvalue weighted by Gasteiger charge is -2.31. The van der Waals surface area contributed by atoms with Crippen LogP contribution in [0.1, 0.15) is 71.5 Å². The molecule has 0 aliphatic heterocycles. The maximum Gasteiger partial charge on any atom is 0.0630 e. The summed E-state index contributed by atoms with van der Waals surface area (Å²) in [5, 5.41) is 8.52. The number of rotatable bonds is 9. The summed E-state index contributed by atoms with van der Waals surface area (Å²) in [6, 6.07) is 3.51. The third kappa shape index (κ3) is 3.85. The molecule has 3 nitrogen and oxygen atoms in total. The first-order valence-electron chi connectivity index (χ1n) is 8.40. The van der Waals surface area contributed by atoms with E-state index in [1.165, 1.54) is 31.4 Å². The van der Waals surface area contributed by atoms with Gasteiger partial charge in [-0.3, -0.25) is 4.68 Å². The zero-order valence-electron chi connectivity index (χ0n) is 13.7. The molecule has 0 spiro atoms. The van der Waals surface area contributed by atoms with Crippen LogP contribution in [0.15, 0.2) is 12.3 Å². The van der Waals surface area contributed by atoms with Crippen LogP contribution >= 0.6 is 0 Å². The van der Waals surface area contributed by atoms with Gasteiger partial charge in [0.2, 0.25) is 0 Å². The number of hydrogen-bond donors (Lipinski definition) is 1. The third-order valence-electron chi connectivity index (χ3n) is 5.11. The van der Waals surface area contributed by atoms with Crippen LogP contribution in [0.25, 0.3) is 0 Å². The van der Waals surface area contributed by atoms with E-state index in [9.17, 15) is 0 Å². The zero-order valence-corrected chi connectivity index (χ0v) is 13.7. The van der Waals surface area contributed by atoms with Gasteiger partial charge in [0.1, 0.15) is 0 Å². The van der Waals surface area contributed by atoms with Gasteiger partial charge in [-0.15, -0.1) is 0 Å². The molecule has 1 unspecified atom stereocenters. The largest absolute Gasteiger partial charge is 0.313 e. The van der Waals surface area contributed by atoms with Crippen LogP contribution in [0.2, 0.25) is 0 Å². The standard InChI is InChI=1S/C17H31N3/c1-5-14(4)20-11-10-16(19-20)12-17(6-2,7-3)13-18-15-8-9-15/h10-11,14-15,18H,5-9,12-13H2,1-4H3. The number of hydrogen-bond acceptors (Lipinski definition) is 2. The average molecular weight is 277 g/mol. The van der Waals surface area contributed by atoms with Crippen LogP contribution in [0.4, 0.5) is 0 Å². The molecule has 0 saturated heterocycles. The van der Waals surface area contributed by atoms with Gasteiger partial charge in [-0.25, -0.2) is 0 Å². The summed E-state index contributed by atoms with van der Waals surface area (Å²) in [4.78, 5) is 0. The Morgan fingerprint density at radius 3 is 2.60 bits per heavy atom. The van der Waals surface area contributed by atoms with Crippen LogP contribution in [0, 0.1) is 5.41 Å². The van der Waals surface area contributed by atoms with Crippen molar-refractivity contribution in [2.24, 2.45) is 5.41 Å². The van der Waals surface area contributed by atoms with Crippen LogP contribution in [-0.4, -0.2) is 22.4 Å². The molecule has 0 amide bonds. The smallest absolute Gasteiger partial charge is 0.0630 e. The molecule has 1 aromatic rings. The Kier molecular flexibility index (Phi) is 5.25. The van der Waals surface area contributed by atoms with E-state index in [2.05, 4.69) is 50.0 Å². The fourth-order valence-electron chi connectivity index (χ4n) is 2.75. The molecule has 1 N–H and O–H groups in total. The Labute approximate surface area is 124 Å². The SMILES string of the molecule is CCC(C)n1ccc(CC(CC)(CC)CNC2CC2)n1. The Morgan fingerprint density at radius 1 is 1.35 bits per heavy atom.